The lowest BCUT2D eigenvalue weighted by Crippen LogP contribution is -2.24. The monoisotopic (exact) mass is 129 g/mol. The smallest absolute Gasteiger partial charge is 0.0724 e. The van der Waals surface area contributed by atoms with Crippen LogP contribution in [-0.4, -0.2) is 19.8 Å². The molecule has 0 heterocycles. The van der Waals surface area contributed by atoms with Gasteiger partial charge in [0.1, 0.15) is 0 Å². The predicted molar refractivity (Wildman–Crippen MR) is 37.1 cm³/mol. The van der Waals surface area contributed by atoms with E-state index < -0.39 is 0 Å². The second-order valence-corrected chi connectivity index (χ2v) is 2.89. The summed E-state index contributed by atoms with van der Waals surface area (Å²) in [5.41, 5.74) is 5.46. The molecule has 1 saturated carbocycles. The minimum Gasteiger partial charge on any atom is -0.380 e. The van der Waals surface area contributed by atoms with E-state index in [4.69, 9.17) is 10.5 Å². The molecule has 0 amide bonds. The number of rotatable bonds is 3. The van der Waals surface area contributed by atoms with E-state index >= 15 is 0 Å². The first-order chi connectivity index (χ1) is 4.29. The third-order valence-electron chi connectivity index (χ3n) is 2.18. The van der Waals surface area contributed by atoms with Crippen molar-refractivity contribution in [2.24, 2.45) is 17.6 Å². The summed E-state index contributed by atoms with van der Waals surface area (Å²) in [6.07, 6.45) is 1.62. The van der Waals surface area contributed by atoms with Crippen molar-refractivity contribution < 1.29 is 4.74 Å². The summed E-state index contributed by atoms with van der Waals surface area (Å²) in [5, 5.41) is 0. The Hall–Kier alpha value is -0.0800. The van der Waals surface area contributed by atoms with Crippen LogP contribution in [0.1, 0.15) is 13.3 Å². The Labute approximate surface area is 56.4 Å². The van der Waals surface area contributed by atoms with Crippen molar-refractivity contribution >= 4 is 0 Å². The first kappa shape index (κ1) is 7.03. The van der Waals surface area contributed by atoms with Gasteiger partial charge in [-0.05, 0) is 18.3 Å². The molecule has 2 N–H and O–H groups in total. The quantitative estimate of drug-likeness (QED) is 0.606. The Kier molecular flexibility index (Phi) is 2.09. The molecule has 0 aromatic rings. The van der Waals surface area contributed by atoms with E-state index in [1.807, 2.05) is 0 Å². The van der Waals surface area contributed by atoms with E-state index in [0.717, 1.165) is 11.8 Å². The van der Waals surface area contributed by atoms with E-state index in [0.29, 0.717) is 12.6 Å². The molecule has 3 atom stereocenters. The molecule has 0 aliphatic heterocycles. The molecule has 2 heteroatoms. The van der Waals surface area contributed by atoms with Crippen molar-refractivity contribution in [2.45, 2.75) is 19.4 Å². The highest BCUT2D eigenvalue weighted by molar-refractivity contribution is 4.89. The van der Waals surface area contributed by atoms with Crippen LogP contribution in [0.2, 0.25) is 0 Å². The van der Waals surface area contributed by atoms with Gasteiger partial charge in [0.15, 0.2) is 0 Å². The summed E-state index contributed by atoms with van der Waals surface area (Å²) in [5.74, 6) is 1.60. The molecule has 0 aromatic carbocycles. The molecule has 3 unspecified atom stereocenters. The first-order valence-electron chi connectivity index (χ1n) is 3.52. The maximum absolute atomic E-state index is 5.46. The van der Waals surface area contributed by atoms with Gasteiger partial charge in [-0.2, -0.15) is 0 Å². The van der Waals surface area contributed by atoms with E-state index in [1.54, 1.807) is 7.11 Å². The molecule has 0 saturated heterocycles. The molecular formula is C7H15NO. The lowest BCUT2D eigenvalue weighted by atomic mass is 10.2. The van der Waals surface area contributed by atoms with Crippen LogP contribution in [0.3, 0.4) is 0 Å². The molecular weight excluding hydrogens is 114 g/mol. The summed E-state index contributed by atoms with van der Waals surface area (Å²) >= 11 is 0. The van der Waals surface area contributed by atoms with Crippen molar-refractivity contribution in [1.29, 1.82) is 0 Å². The molecule has 0 bridgehead atoms. The predicted octanol–water partition coefficient (Wildman–Crippen LogP) is 0.616. The van der Waals surface area contributed by atoms with Gasteiger partial charge in [-0.15, -0.1) is 0 Å². The zero-order valence-corrected chi connectivity index (χ0v) is 6.13. The fraction of sp³-hybridized carbons (Fsp3) is 1.00. The largest absolute Gasteiger partial charge is 0.380 e. The Morgan fingerprint density at radius 2 is 2.33 bits per heavy atom. The van der Waals surface area contributed by atoms with Crippen LogP contribution in [0.25, 0.3) is 0 Å². The standard InChI is InChI=1S/C7H15NO/c1-5-3-6(5)7(4-8)9-2/h5-7H,3-4,8H2,1-2H3. The Morgan fingerprint density at radius 3 is 2.44 bits per heavy atom. The van der Waals surface area contributed by atoms with Crippen LogP contribution in [0.5, 0.6) is 0 Å². The summed E-state index contributed by atoms with van der Waals surface area (Å²) < 4.78 is 5.17. The minimum absolute atomic E-state index is 0.319. The van der Waals surface area contributed by atoms with Gasteiger partial charge >= 0.3 is 0 Å². The lowest BCUT2D eigenvalue weighted by molar-refractivity contribution is 0.0876. The fourth-order valence-electron chi connectivity index (χ4n) is 1.31. The third kappa shape index (κ3) is 1.43. The molecule has 1 aliphatic carbocycles. The molecule has 1 fully saturated rings. The first-order valence-corrected chi connectivity index (χ1v) is 3.52. The number of nitrogens with two attached hydrogens (primary N) is 1. The maximum Gasteiger partial charge on any atom is 0.0724 e. The van der Waals surface area contributed by atoms with Crippen LogP contribution < -0.4 is 5.73 Å². The van der Waals surface area contributed by atoms with E-state index in [-0.39, 0.29) is 0 Å². The van der Waals surface area contributed by atoms with Gasteiger partial charge in [0.05, 0.1) is 6.10 Å². The molecule has 0 radical (unpaired) electrons. The molecule has 1 aliphatic rings. The summed E-state index contributed by atoms with van der Waals surface area (Å²) in [4.78, 5) is 0. The number of ether oxygens (including phenoxy) is 1. The van der Waals surface area contributed by atoms with Gasteiger partial charge < -0.3 is 10.5 Å². The van der Waals surface area contributed by atoms with E-state index in [9.17, 15) is 0 Å². The fourth-order valence-corrected chi connectivity index (χ4v) is 1.31. The lowest BCUT2D eigenvalue weighted by Gasteiger charge is -2.10. The SMILES string of the molecule is COC(CN)C1CC1C. The van der Waals surface area contributed by atoms with Gasteiger partial charge in [0, 0.05) is 13.7 Å². The summed E-state index contributed by atoms with van der Waals surface area (Å²) in [6.45, 7) is 2.91. The molecule has 0 spiro atoms. The topological polar surface area (TPSA) is 35.2 Å². The summed E-state index contributed by atoms with van der Waals surface area (Å²) in [6, 6.07) is 0. The van der Waals surface area contributed by atoms with Crippen molar-refractivity contribution in [1.82, 2.24) is 0 Å². The molecule has 9 heavy (non-hydrogen) atoms. The molecule has 0 aromatic heterocycles. The molecule has 1 rings (SSSR count). The highest BCUT2D eigenvalue weighted by Gasteiger charge is 2.38. The van der Waals surface area contributed by atoms with Crippen molar-refractivity contribution in [2.75, 3.05) is 13.7 Å². The second-order valence-electron chi connectivity index (χ2n) is 2.89. The third-order valence-corrected chi connectivity index (χ3v) is 2.18. The van der Waals surface area contributed by atoms with Crippen LogP contribution in [-0.2, 0) is 4.74 Å². The van der Waals surface area contributed by atoms with Crippen LogP contribution in [0.15, 0.2) is 0 Å². The average Bonchev–Trinajstić information content (AvgIpc) is 2.51. The van der Waals surface area contributed by atoms with Gasteiger partial charge in [-0.25, -0.2) is 0 Å². The minimum atomic E-state index is 0.319. The highest BCUT2D eigenvalue weighted by atomic mass is 16.5. The second kappa shape index (κ2) is 2.67. The van der Waals surface area contributed by atoms with Gasteiger partial charge in [0.25, 0.3) is 0 Å². The van der Waals surface area contributed by atoms with E-state index in [2.05, 4.69) is 6.92 Å². The number of hydrogen-bond donors (Lipinski definition) is 1. The van der Waals surface area contributed by atoms with Gasteiger partial charge in [0.2, 0.25) is 0 Å². The number of methoxy groups -OCH3 is 1. The van der Waals surface area contributed by atoms with Crippen molar-refractivity contribution in [3.63, 3.8) is 0 Å². The Bertz CT molecular complexity index is 90.9. The maximum atomic E-state index is 5.46. The van der Waals surface area contributed by atoms with Gasteiger partial charge in [-0.1, -0.05) is 6.92 Å². The normalized spacial score (nSPS) is 36.3. The zero-order valence-electron chi connectivity index (χ0n) is 6.13. The Morgan fingerprint density at radius 1 is 1.78 bits per heavy atom. The molecule has 54 valence electrons. The zero-order chi connectivity index (χ0) is 6.85. The van der Waals surface area contributed by atoms with Crippen LogP contribution in [0.4, 0.5) is 0 Å². The highest BCUT2D eigenvalue weighted by Crippen LogP contribution is 2.41. The van der Waals surface area contributed by atoms with Crippen molar-refractivity contribution in [3.8, 4) is 0 Å². The number of hydrogen-bond acceptors (Lipinski definition) is 2. The van der Waals surface area contributed by atoms with Crippen LogP contribution >= 0.6 is 0 Å². The van der Waals surface area contributed by atoms with Gasteiger partial charge in [-0.3, -0.25) is 0 Å². The van der Waals surface area contributed by atoms with Crippen molar-refractivity contribution in [3.05, 3.63) is 0 Å². The summed E-state index contributed by atoms with van der Waals surface area (Å²) in [7, 11) is 1.74. The van der Waals surface area contributed by atoms with E-state index in [1.165, 1.54) is 6.42 Å². The average molecular weight is 129 g/mol. The molecule has 2 nitrogen and oxygen atoms in total. The van der Waals surface area contributed by atoms with Crippen LogP contribution in [0, 0.1) is 11.8 Å². The Balaban J connectivity index is 2.23.